The minimum atomic E-state index is -1.25. The highest BCUT2D eigenvalue weighted by molar-refractivity contribution is 6.14. The number of likely N-dealkylation sites (tertiary alicyclic amines) is 1. The molecule has 2 aliphatic rings. The molecule has 0 aliphatic carbocycles. The first kappa shape index (κ1) is 17.5. The van der Waals surface area contributed by atoms with Gasteiger partial charge in [-0.15, -0.1) is 0 Å². The van der Waals surface area contributed by atoms with E-state index in [1.54, 1.807) is 4.90 Å². The normalized spacial score (nSPS) is 19.1. The second-order valence-electron chi connectivity index (χ2n) is 7.06. The van der Waals surface area contributed by atoms with Gasteiger partial charge in [-0.05, 0) is 30.4 Å². The van der Waals surface area contributed by atoms with Gasteiger partial charge in [0.2, 0.25) is 11.9 Å². The van der Waals surface area contributed by atoms with Gasteiger partial charge in [-0.1, -0.05) is 60.7 Å². The average Bonchev–Trinajstić information content (AvgIpc) is 3.04. The standard InChI is InChI=1S/C22H23N3O2/c1-17(26)25-21(24-15-9-4-10-16-24)23-20(27)22(25,18-11-5-2-6-12-18)19-13-7-3-8-14-19/h2-3,5-8,11-14H,4,9-10,15-16H2,1H3. The Morgan fingerprint density at radius 3 is 1.89 bits per heavy atom. The Labute approximate surface area is 159 Å². The summed E-state index contributed by atoms with van der Waals surface area (Å²) in [5, 5.41) is 0. The van der Waals surface area contributed by atoms with E-state index >= 15 is 0 Å². The molecule has 0 radical (unpaired) electrons. The fraction of sp³-hybridized carbons (Fsp3) is 0.318. The molecule has 2 heterocycles. The van der Waals surface area contributed by atoms with Gasteiger partial charge in [-0.2, -0.15) is 4.99 Å². The zero-order valence-corrected chi connectivity index (χ0v) is 15.5. The van der Waals surface area contributed by atoms with Gasteiger partial charge in [0, 0.05) is 20.0 Å². The number of benzene rings is 2. The highest BCUT2D eigenvalue weighted by Gasteiger charge is 2.56. The smallest absolute Gasteiger partial charge is 0.284 e. The molecular formula is C22H23N3O2. The molecule has 138 valence electrons. The van der Waals surface area contributed by atoms with Crippen LogP contribution in [0.3, 0.4) is 0 Å². The van der Waals surface area contributed by atoms with Gasteiger partial charge in [-0.25, -0.2) is 0 Å². The van der Waals surface area contributed by atoms with Crippen LogP contribution in [0.1, 0.15) is 37.3 Å². The van der Waals surface area contributed by atoms with E-state index in [-0.39, 0.29) is 11.8 Å². The molecule has 27 heavy (non-hydrogen) atoms. The van der Waals surface area contributed by atoms with E-state index in [0.717, 1.165) is 37.1 Å². The number of nitrogens with zero attached hydrogens (tertiary/aromatic N) is 3. The zero-order valence-electron chi connectivity index (χ0n) is 15.5. The molecule has 5 heteroatoms. The number of hydrogen-bond donors (Lipinski definition) is 0. The summed E-state index contributed by atoms with van der Waals surface area (Å²) in [7, 11) is 0. The molecule has 1 fully saturated rings. The van der Waals surface area contributed by atoms with Crippen molar-refractivity contribution in [2.24, 2.45) is 4.99 Å². The van der Waals surface area contributed by atoms with Crippen molar-refractivity contribution in [2.45, 2.75) is 31.7 Å². The van der Waals surface area contributed by atoms with E-state index in [1.165, 1.54) is 13.3 Å². The summed E-state index contributed by atoms with van der Waals surface area (Å²) in [6.45, 7) is 3.14. The van der Waals surface area contributed by atoms with Gasteiger partial charge in [0.15, 0.2) is 5.54 Å². The maximum Gasteiger partial charge on any atom is 0.284 e. The first-order valence-corrected chi connectivity index (χ1v) is 9.45. The summed E-state index contributed by atoms with van der Waals surface area (Å²) in [6.07, 6.45) is 3.26. The number of rotatable bonds is 2. The average molecular weight is 361 g/mol. The number of piperidine rings is 1. The lowest BCUT2D eigenvalue weighted by atomic mass is 9.81. The third-order valence-corrected chi connectivity index (χ3v) is 5.38. The fourth-order valence-corrected chi connectivity index (χ4v) is 4.18. The number of amides is 2. The fourth-order valence-electron chi connectivity index (χ4n) is 4.18. The molecule has 0 unspecified atom stereocenters. The third-order valence-electron chi connectivity index (χ3n) is 5.38. The van der Waals surface area contributed by atoms with Crippen LogP contribution in [0.4, 0.5) is 0 Å². The van der Waals surface area contributed by atoms with Crippen molar-refractivity contribution < 1.29 is 9.59 Å². The lowest BCUT2D eigenvalue weighted by Gasteiger charge is -2.40. The Hall–Kier alpha value is -2.95. The van der Waals surface area contributed by atoms with Crippen LogP contribution in [-0.2, 0) is 15.1 Å². The molecule has 5 nitrogen and oxygen atoms in total. The quantitative estimate of drug-likeness (QED) is 0.826. The predicted molar refractivity (Wildman–Crippen MR) is 104 cm³/mol. The Balaban J connectivity index is 1.92. The van der Waals surface area contributed by atoms with Gasteiger partial charge < -0.3 is 4.90 Å². The summed E-state index contributed by atoms with van der Waals surface area (Å²) in [4.78, 5) is 34.4. The predicted octanol–water partition coefficient (Wildman–Crippen LogP) is 3.16. The van der Waals surface area contributed by atoms with E-state index in [4.69, 9.17) is 0 Å². The highest BCUT2D eigenvalue weighted by atomic mass is 16.2. The molecule has 0 spiro atoms. The van der Waals surface area contributed by atoms with Crippen LogP contribution in [0.2, 0.25) is 0 Å². The molecule has 0 bridgehead atoms. The molecule has 1 saturated heterocycles. The van der Waals surface area contributed by atoms with E-state index in [0.29, 0.717) is 5.96 Å². The SMILES string of the molecule is CC(=O)N1C(N2CCCCC2)=NC(=O)C1(c1ccccc1)c1ccccc1. The number of aliphatic imine (C=N–C) groups is 1. The number of carbonyl (C=O) groups excluding carboxylic acids is 2. The lowest BCUT2D eigenvalue weighted by Crippen LogP contribution is -2.56. The van der Waals surface area contributed by atoms with E-state index < -0.39 is 5.54 Å². The van der Waals surface area contributed by atoms with Crippen LogP contribution in [0.15, 0.2) is 65.7 Å². The summed E-state index contributed by atoms with van der Waals surface area (Å²) >= 11 is 0. The van der Waals surface area contributed by atoms with E-state index in [2.05, 4.69) is 9.89 Å². The van der Waals surface area contributed by atoms with E-state index in [9.17, 15) is 9.59 Å². The van der Waals surface area contributed by atoms with Crippen LogP contribution < -0.4 is 0 Å². The van der Waals surface area contributed by atoms with Crippen LogP contribution >= 0.6 is 0 Å². The molecule has 0 N–H and O–H groups in total. The third kappa shape index (κ3) is 2.74. The molecular weight excluding hydrogens is 338 g/mol. The van der Waals surface area contributed by atoms with Crippen LogP contribution in [-0.4, -0.2) is 40.7 Å². The van der Waals surface area contributed by atoms with Gasteiger partial charge in [0.1, 0.15) is 0 Å². The minimum Gasteiger partial charge on any atom is -0.342 e. The zero-order chi connectivity index (χ0) is 18.9. The molecule has 2 amide bonds. The number of hydrogen-bond acceptors (Lipinski definition) is 3. The van der Waals surface area contributed by atoms with Crippen molar-refractivity contribution in [3.63, 3.8) is 0 Å². The Morgan fingerprint density at radius 2 is 1.41 bits per heavy atom. The van der Waals surface area contributed by atoms with Crippen LogP contribution in [0.5, 0.6) is 0 Å². The second-order valence-corrected chi connectivity index (χ2v) is 7.06. The maximum absolute atomic E-state index is 13.5. The van der Waals surface area contributed by atoms with Crippen molar-refractivity contribution in [3.8, 4) is 0 Å². The van der Waals surface area contributed by atoms with Gasteiger partial charge in [0.25, 0.3) is 5.91 Å². The summed E-state index contributed by atoms with van der Waals surface area (Å²) in [5.74, 6) is -0.00606. The monoisotopic (exact) mass is 361 g/mol. The molecule has 2 aliphatic heterocycles. The number of carbonyl (C=O) groups is 2. The van der Waals surface area contributed by atoms with Gasteiger partial charge in [-0.3, -0.25) is 14.5 Å². The van der Waals surface area contributed by atoms with Crippen LogP contribution in [0, 0.1) is 0 Å². The minimum absolute atomic E-state index is 0.183. The summed E-state index contributed by atoms with van der Waals surface area (Å²) in [6, 6.07) is 19.0. The molecule has 2 aromatic rings. The molecule has 2 aromatic carbocycles. The Kier molecular flexibility index (Phi) is 4.52. The topological polar surface area (TPSA) is 53.0 Å². The highest BCUT2D eigenvalue weighted by Crippen LogP contribution is 2.42. The van der Waals surface area contributed by atoms with Crippen molar-refractivity contribution in [1.29, 1.82) is 0 Å². The first-order valence-electron chi connectivity index (χ1n) is 9.45. The van der Waals surface area contributed by atoms with Gasteiger partial charge in [0.05, 0.1) is 0 Å². The first-order chi connectivity index (χ1) is 13.2. The lowest BCUT2D eigenvalue weighted by molar-refractivity contribution is -0.135. The van der Waals surface area contributed by atoms with E-state index in [1.807, 2.05) is 60.7 Å². The summed E-state index contributed by atoms with van der Waals surface area (Å²) < 4.78 is 0. The van der Waals surface area contributed by atoms with Crippen molar-refractivity contribution >= 4 is 17.8 Å². The van der Waals surface area contributed by atoms with Gasteiger partial charge >= 0.3 is 0 Å². The maximum atomic E-state index is 13.5. The summed E-state index contributed by atoms with van der Waals surface area (Å²) in [5.41, 5.74) is 0.264. The van der Waals surface area contributed by atoms with Crippen molar-refractivity contribution in [3.05, 3.63) is 71.8 Å². The largest absolute Gasteiger partial charge is 0.342 e. The molecule has 0 aromatic heterocycles. The second kappa shape index (κ2) is 6.99. The number of guanidine groups is 1. The molecule has 0 saturated carbocycles. The Bertz CT molecular complexity index is 831. The van der Waals surface area contributed by atoms with Crippen molar-refractivity contribution in [1.82, 2.24) is 9.80 Å². The molecule has 4 rings (SSSR count). The Morgan fingerprint density at radius 1 is 0.889 bits per heavy atom. The molecule has 0 atom stereocenters. The van der Waals surface area contributed by atoms with Crippen LogP contribution in [0.25, 0.3) is 0 Å². The van der Waals surface area contributed by atoms with Crippen molar-refractivity contribution in [2.75, 3.05) is 13.1 Å².